The van der Waals surface area contributed by atoms with Crippen molar-refractivity contribution in [3.05, 3.63) is 58.9 Å². The van der Waals surface area contributed by atoms with Crippen LogP contribution in [0.25, 0.3) is 11.3 Å². The molecule has 0 aliphatic rings. The Morgan fingerprint density at radius 1 is 1.27 bits per heavy atom. The number of aromatic amines is 1. The van der Waals surface area contributed by atoms with E-state index in [-0.39, 0.29) is 15.9 Å². The highest BCUT2D eigenvalue weighted by Gasteiger charge is 2.22. The standard InChI is InChI=1S/C20H23FN4O3S2/c1-14(26)22-13-18-8-9-20(29-18)30(27,28)25(2)10-4-7-17-12-19(24-23-17)15-5-3-6-16(21)11-15/h3,5-6,8-9,11-12H,4,7,10,13H2,1-2H3,(H,22,26)(H,23,24). The second kappa shape index (κ2) is 9.50. The number of rotatable bonds is 9. The lowest BCUT2D eigenvalue weighted by molar-refractivity contribution is -0.119. The van der Waals surface area contributed by atoms with Gasteiger partial charge in [0.15, 0.2) is 0 Å². The van der Waals surface area contributed by atoms with E-state index in [4.69, 9.17) is 0 Å². The number of hydrogen-bond donors (Lipinski definition) is 2. The summed E-state index contributed by atoms with van der Waals surface area (Å²) in [6.45, 7) is 2.07. The quantitative estimate of drug-likeness (QED) is 0.524. The Labute approximate surface area is 179 Å². The molecule has 2 aromatic heterocycles. The second-order valence-corrected chi connectivity index (χ2v) is 10.3. The Morgan fingerprint density at radius 2 is 2.07 bits per heavy atom. The Kier molecular flexibility index (Phi) is 7.01. The molecular formula is C20H23FN4O3S2. The minimum atomic E-state index is -3.58. The summed E-state index contributed by atoms with van der Waals surface area (Å²) in [6, 6.07) is 11.3. The highest BCUT2D eigenvalue weighted by molar-refractivity contribution is 7.91. The summed E-state index contributed by atoms with van der Waals surface area (Å²) in [6.07, 6.45) is 1.21. The van der Waals surface area contributed by atoms with Crippen molar-refractivity contribution in [1.82, 2.24) is 19.8 Å². The molecule has 160 valence electrons. The Hall–Kier alpha value is -2.56. The van der Waals surface area contributed by atoms with Gasteiger partial charge < -0.3 is 5.32 Å². The predicted octanol–water partition coefficient (Wildman–Crippen LogP) is 3.17. The number of amides is 1. The van der Waals surface area contributed by atoms with E-state index in [0.717, 1.165) is 21.9 Å². The van der Waals surface area contributed by atoms with Crippen molar-refractivity contribution in [1.29, 1.82) is 0 Å². The molecule has 0 aliphatic heterocycles. The first-order valence-corrected chi connectivity index (χ1v) is 11.6. The average Bonchev–Trinajstić information content (AvgIpc) is 3.36. The Balaban J connectivity index is 1.55. The van der Waals surface area contributed by atoms with Gasteiger partial charge in [0.05, 0.1) is 12.2 Å². The maximum atomic E-state index is 13.4. The van der Waals surface area contributed by atoms with Crippen LogP contribution in [-0.4, -0.2) is 42.4 Å². The van der Waals surface area contributed by atoms with E-state index in [1.807, 2.05) is 6.07 Å². The topological polar surface area (TPSA) is 95.2 Å². The molecule has 0 saturated carbocycles. The first-order valence-electron chi connectivity index (χ1n) is 9.35. The summed E-state index contributed by atoms with van der Waals surface area (Å²) in [5.74, 6) is -0.484. The highest BCUT2D eigenvalue weighted by atomic mass is 32.2. The number of halogens is 1. The smallest absolute Gasteiger partial charge is 0.252 e. The van der Waals surface area contributed by atoms with Crippen molar-refractivity contribution < 1.29 is 17.6 Å². The van der Waals surface area contributed by atoms with Crippen LogP contribution in [0.15, 0.2) is 46.7 Å². The van der Waals surface area contributed by atoms with Crippen molar-refractivity contribution in [2.24, 2.45) is 0 Å². The van der Waals surface area contributed by atoms with Gasteiger partial charge >= 0.3 is 0 Å². The summed E-state index contributed by atoms with van der Waals surface area (Å²) in [5, 5.41) is 9.78. The number of carbonyl (C=O) groups is 1. The van der Waals surface area contributed by atoms with E-state index in [1.165, 1.54) is 23.4 Å². The fourth-order valence-corrected chi connectivity index (χ4v) is 5.57. The summed E-state index contributed by atoms with van der Waals surface area (Å²) in [7, 11) is -2.03. The summed E-state index contributed by atoms with van der Waals surface area (Å²) < 4.78 is 40.4. The van der Waals surface area contributed by atoms with Crippen LogP contribution in [0.3, 0.4) is 0 Å². The SMILES string of the molecule is CC(=O)NCc1ccc(S(=O)(=O)N(C)CCCc2cc(-c3cccc(F)c3)n[nH]2)s1. The summed E-state index contributed by atoms with van der Waals surface area (Å²) >= 11 is 1.15. The van der Waals surface area contributed by atoms with Crippen molar-refractivity contribution in [3.63, 3.8) is 0 Å². The molecule has 0 saturated heterocycles. The maximum Gasteiger partial charge on any atom is 0.252 e. The van der Waals surface area contributed by atoms with E-state index < -0.39 is 10.0 Å². The molecule has 0 atom stereocenters. The molecule has 7 nitrogen and oxygen atoms in total. The number of aromatic nitrogens is 2. The monoisotopic (exact) mass is 450 g/mol. The third-order valence-electron chi connectivity index (χ3n) is 4.48. The molecule has 1 amide bonds. The number of hydrogen-bond acceptors (Lipinski definition) is 5. The molecule has 30 heavy (non-hydrogen) atoms. The molecule has 3 aromatic rings. The molecule has 2 N–H and O–H groups in total. The first kappa shape index (κ1) is 22.1. The number of benzene rings is 1. The van der Waals surface area contributed by atoms with Crippen LogP contribution in [0, 0.1) is 5.82 Å². The molecule has 1 aromatic carbocycles. The van der Waals surface area contributed by atoms with E-state index in [9.17, 15) is 17.6 Å². The number of sulfonamides is 1. The number of thiophene rings is 1. The van der Waals surface area contributed by atoms with Gasteiger partial charge in [0.1, 0.15) is 10.0 Å². The van der Waals surface area contributed by atoms with Gasteiger partial charge in [-0.2, -0.15) is 5.10 Å². The summed E-state index contributed by atoms with van der Waals surface area (Å²) in [4.78, 5) is 11.8. The van der Waals surface area contributed by atoms with E-state index in [2.05, 4.69) is 15.5 Å². The zero-order valence-corrected chi connectivity index (χ0v) is 18.3. The van der Waals surface area contributed by atoms with Gasteiger partial charge in [-0.3, -0.25) is 9.89 Å². The number of nitrogens with one attached hydrogen (secondary N) is 2. The van der Waals surface area contributed by atoms with Crippen LogP contribution in [0.2, 0.25) is 0 Å². The third-order valence-corrected chi connectivity index (χ3v) is 7.89. The second-order valence-electron chi connectivity index (χ2n) is 6.85. The molecular weight excluding hydrogens is 427 g/mol. The van der Waals surface area contributed by atoms with Crippen molar-refractivity contribution in [2.45, 2.75) is 30.5 Å². The van der Waals surface area contributed by atoms with Gasteiger partial charge in [-0.25, -0.2) is 17.1 Å². The van der Waals surface area contributed by atoms with E-state index >= 15 is 0 Å². The molecule has 2 heterocycles. The van der Waals surface area contributed by atoms with Crippen LogP contribution >= 0.6 is 11.3 Å². The first-order chi connectivity index (χ1) is 14.3. The lowest BCUT2D eigenvalue weighted by atomic mass is 10.1. The number of nitrogens with zero attached hydrogens (tertiary/aromatic N) is 2. The van der Waals surface area contributed by atoms with Crippen LogP contribution in [-0.2, 0) is 27.8 Å². The Bertz CT molecular complexity index is 1120. The van der Waals surface area contributed by atoms with Crippen LogP contribution < -0.4 is 5.32 Å². The van der Waals surface area contributed by atoms with Crippen LogP contribution in [0.5, 0.6) is 0 Å². The minimum absolute atomic E-state index is 0.163. The van der Waals surface area contributed by atoms with Crippen molar-refractivity contribution >= 4 is 27.3 Å². The van der Waals surface area contributed by atoms with Gasteiger partial charge in [-0.1, -0.05) is 12.1 Å². The minimum Gasteiger partial charge on any atom is -0.351 e. The number of aryl methyl sites for hydroxylation is 1. The number of H-pyrrole nitrogens is 1. The lowest BCUT2D eigenvalue weighted by Gasteiger charge is -2.15. The predicted molar refractivity (Wildman–Crippen MR) is 114 cm³/mol. The van der Waals surface area contributed by atoms with Crippen LogP contribution in [0.4, 0.5) is 4.39 Å². The van der Waals surface area contributed by atoms with Gasteiger partial charge in [0, 0.05) is 36.7 Å². The normalized spacial score (nSPS) is 11.7. The summed E-state index contributed by atoms with van der Waals surface area (Å²) in [5.41, 5.74) is 2.19. The zero-order chi connectivity index (χ0) is 21.7. The van der Waals surface area contributed by atoms with Gasteiger partial charge in [-0.05, 0) is 43.2 Å². The van der Waals surface area contributed by atoms with E-state index in [0.29, 0.717) is 37.2 Å². The molecule has 0 aliphatic carbocycles. The lowest BCUT2D eigenvalue weighted by Crippen LogP contribution is -2.27. The molecule has 0 bridgehead atoms. The number of carbonyl (C=O) groups excluding carboxylic acids is 1. The fraction of sp³-hybridized carbons (Fsp3) is 0.300. The van der Waals surface area contributed by atoms with Crippen molar-refractivity contribution in [3.8, 4) is 11.3 Å². The third kappa shape index (κ3) is 5.53. The highest BCUT2D eigenvalue weighted by Crippen LogP contribution is 2.25. The molecule has 0 spiro atoms. The fourth-order valence-electron chi connectivity index (χ4n) is 2.85. The molecule has 0 radical (unpaired) electrons. The molecule has 0 fully saturated rings. The Morgan fingerprint density at radius 3 is 2.80 bits per heavy atom. The van der Waals surface area contributed by atoms with Crippen molar-refractivity contribution in [2.75, 3.05) is 13.6 Å². The maximum absolute atomic E-state index is 13.4. The largest absolute Gasteiger partial charge is 0.351 e. The molecule has 10 heteroatoms. The molecule has 3 rings (SSSR count). The van der Waals surface area contributed by atoms with Gasteiger partial charge in [-0.15, -0.1) is 11.3 Å². The van der Waals surface area contributed by atoms with Crippen LogP contribution in [0.1, 0.15) is 23.9 Å². The molecule has 0 unspecified atom stereocenters. The van der Waals surface area contributed by atoms with Gasteiger partial charge in [0.2, 0.25) is 5.91 Å². The van der Waals surface area contributed by atoms with Gasteiger partial charge in [0.25, 0.3) is 10.0 Å². The van der Waals surface area contributed by atoms with E-state index in [1.54, 1.807) is 31.3 Å². The zero-order valence-electron chi connectivity index (χ0n) is 16.7. The average molecular weight is 451 g/mol.